The number of carbonyl (C=O) groups is 1. The minimum atomic E-state index is -2.62. The Morgan fingerprint density at radius 1 is 1.16 bits per heavy atom. The number of benzene rings is 1. The maximum absolute atomic E-state index is 13.8. The second kappa shape index (κ2) is 6.05. The molecular weight excluding hydrogens is 398 g/mol. The SMILES string of the molecule is CC1(C)CC(=O)C2=C(Cc3[nH]nc(C4CC(F)(F)C4)c3[C@@]23CCOc2ccccc23)C1. The number of nitrogens with one attached hydrogen (secondary N) is 1. The first-order valence-electron chi connectivity index (χ1n) is 11.1. The van der Waals surface area contributed by atoms with Crippen molar-refractivity contribution in [1.82, 2.24) is 10.2 Å². The Labute approximate surface area is 180 Å². The summed E-state index contributed by atoms with van der Waals surface area (Å²) >= 11 is 0. The molecule has 1 spiro atoms. The highest BCUT2D eigenvalue weighted by Crippen LogP contribution is 2.60. The molecule has 0 bridgehead atoms. The molecule has 0 radical (unpaired) electrons. The number of aromatic amines is 1. The molecule has 4 aliphatic rings. The third-order valence-corrected chi connectivity index (χ3v) is 7.63. The number of nitrogens with zero attached hydrogens (tertiary/aromatic N) is 1. The standard InChI is InChI=1S/C25H26F2N2O2/c1-23(2)10-14-9-17-21(22(29-28-17)15-11-24(26,27)12-15)25(20(14)18(30)13-23)7-8-31-19-6-4-3-5-16(19)25/h3-6,15H,7-13H2,1-2H3,(H,28,29)/t25-/m1/s1. The number of aromatic nitrogens is 2. The predicted octanol–water partition coefficient (Wildman–Crippen LogP) is 5.23. The van der Waals surface area contributed by atoms with Crippen molar-refractivity contribution in [2.45, 2.75) is 69.6 Å². The zero-order valence-electron chi connectivity index (χ0n) is 17.9. The molecule has 6 rings (SSSR count). The molecule has 2 heterocycles. The molecule has 1 aliphatic heterocycles. The highest BCUT2D eigenvalue weighted by Gasteiger charge is 2.56. The molecule has 1 saturated carbocycles. The van der Waals surface area contributed by atoms with Gasteiger partial charge in [0.05, 0.1) is 17.7 Å². The van der Waals surface area contributed by atoms with Crippen LogP contribution in [0, 0.1) is 5.41 Å². The number of carbonyl (C=O) groups excluding carboxylic acids is 1. The lowest BCUT2D eigenvalue weighted by molar-refractivity contribution is -0.119. The summed E-state index contributed by atoms with van der Waals surface area (Å²) in [6.45, 7) is 4.77. The number of alkyl halides is 2. The maximum Gasteiger partial charge on any atom is 0.249 e. The number of H-pyrrole nitrogens is 1. The number of hydrogen-bond donors (Lipinski definition) is 1. The normalized spacial score (nSPS) is 28.5. The van der Waals surface area contributed by atoms with Crippen molar-refractivity contribution in [2.24, 2.45) is 5.41 Å². The van der Waals surface area contributed by atoms with Gasteiger partial charge in [-0.3, -0.25) is 9.89 Å². The molecule has 31 heavy (non-hydrogen) atoms. The zero-order chi connectivity index (χ0) is 21.6. The largest absolute Gasteiger partial charge is 0.493 e. The summed E-state index contributed by atoms with van der Waals surface area (Å²) in [4.78, 5) is 13.7. The Morgan fingerprint density at radius 3 is 2.71 bits per heavy atom. The molecule has 0 amide bonds. The van der Waals surface area contributed by atoms with Crippen LogP contribution in [0.4, 0.5) is 8.78 Å². The Morgan fingerprint density at radius 2 is 1.94 bits per heavy atom. The lowest BCUT2D eigenvalue weighted by atomic mass is 9.55. The van der Waals surface area contributed by atoms with Crippen LogP contribution in [0.5, 0.6) is 5.75 Å². The van der Waals surface area contributed by atoms with E-state index in [1.165, 1.54) is 5.57 Å². The minimum absolute atomic E-state index is 0.0851. The summed E-state index contributed by atoms with van der Waals surface area (Å²) in [6, 6.07) is 7.89. The van der Waals surface area contributed by atoms with Crippen molar-refractivity contribution in [3.8, 4) is 5.75 Å². The van der Waals surface area contributed by atoms with Crippen molar-refractivity contribution in [3.05, 3.63) is 57.9 Å². The van der Waals surface area contributed by atoms with Gasteiger partial charge >= 0.3 is 0 Å². The number of fused-ring (bicyclic) bond motifs is 5. The molecule has 2 aromatic rings. The van der Waals surface area contributed by atoms with Crippen molar-refractivity contribution < 1.29 is 18.3 Å². The number of ether oxygens (including phenoxy) is 1. The minimum Gasteiger partial charge on any atom is -0.493 e. The number of rotatable bonds is 1. The first kappa shape index (κ1) is 19.2. The molecule has 1 atom stereocenters. The van der Waals surface area contributed by atoms with Gasteiger partial charge in [-0.05, 0) is 24.3 Å². The number of ketones is 1. The Kier molecular flexibility index (Phi) is 3.75. The van der Waals surface area contributed by atoms with Crippen LogP contribution in [0.15, 0.2) is 35.4 Å². The lowest BCUT2D eigenvalue weighted by Crippen LogP contribution is -2.46. The first-order chi connectivity index (χ1) is 14.7. The molecule has 1 aromatic heterocycles. The molecule has 0 saturated heterocycles. The lowest BCUT2D eigenvalue weighted by Gasteiger charge is -2.48. The van der Waals surface area contributed by atoms with Gasteiger partial charge in [0.1, 0.15) is 5.75 Å². The molecule has 4 nitrogen and oxygen atoms in total. The van der Waals surface area contributed by atoms with Gasteiger partial charge in [0.25, 0.3) is 0 Å². The molecule has 1 fully saturated rings. The fourth-order valence-electron chi connectivity index (χ4n) is 6.54. The Hall–Kier alpha value is -2.50. The van der Waals surface area contributed by atoms with Crippen molar-refractivity contribution in [3.63, 3.8) is 0 Å². The van der Waals surface area contributed by atoms with Crippen LogP contribution in [0.1, 0.15) is 74.4 Å². The summed E-state index contributed by atoms with van der Waals surface area (Å²) in [5.74, 6) is -1.95. The van der Waals surface area contributed by atoms with Gasteiger partial charge in [-0.2, -0.15) is 5.10 Å². The van der Waals surface area contributed by atoms with Crippen LogP contribution in [-0.4, -0.2) is 28.5 Å². The van der Waals surface area contributed by atoms with E-state index in [9.17, 15) is 13.6 Å². The second-order valence-electron chi connectivity index (χ2n) is 10.5. The molecule has 1 N–H and O–H groups in total. The summed E-state index contributed by atoms with van der Waals surface area (Å²) in [5.41, 5.74) is 4.93. The summed E-state index contributed by atoms with van der Waals surface area (Å²) in [7, 11) is 0. The average Bonchev–Trinajstić information content (AvgIpc) is 3.09. The Bertz CT molecular complexity index is 1140. The Balaban J connectivity index is 1.62. The highest BCUT2D eigenvalue weighted by molar-refractivity contribution is 6.02. The molecule has 3 aliphatic carbocycles. The van der Waals surface area contributed by atoms with Gasteiger partial charge in [-0.25, -0.2) is 8.78 Å². The monoisotopic (exact) mass is 424 g/mol. The zero-order valence-corrected chi connectivity index (χ0v) is 17.9. The summed E-state index contributed by atoms with van der Waals surface area (Å²) in [6.07, 6.45) is 2.27. The van der Waals surface area contributed by atoms with E-state index in [-0.39, 0.29) is 30.0 Å². The van der Waals surface area contributed by atoms with Gasteiger partial charge in [-0.15, -0.1) is 0 Å². The van der Waals surface area contributed by atoms with E-state index >= 15 is 0 Å². The quantitative estimate of drug-likeness (QED) is 0.682. The topological polar surface area (TPSA) is 55.0 Å². The third kappa shape index (κ3) is 2.63. The number of hydrogen-bond acceptors (Lipinski definition) is 3. The van der Waals surface area contributed by atoms with Gasteiger partial charge in [0.2, 0.25) is 5.92 Å². The number of halogens is 2. The predicted molar refractivity (Wildman–Crippen MR) is 112 cm³/mol. The number of para-hydroxylation sites is 1. The van der Waals surface area contributed by atoms with E-state index in [2.05, 4.69) is 24.0 Å². The van der Waals surface area contributed by atoms with Crippen LogP contribution < -0.4 is 4.74 Å². The van der Waals surface area contributed by atoms with Crippen molar-refractivity contribution in [2.75, 3.05) is 6.61 Å². The van der Waals surface area contributed by atoms with Crippen LogP contribution in [0.25, 0.3) is 0 Å². The van der Waals surface area contributed by atoms with Crippen LogP contribution in [0.3, 0.4) is 0 Å². The summed E-state index contributed by atoms with van der Waals surface area (Å²) < 4.78 is 33.5. The molecular formula is C25H26F2N2O2. The first-order valence-corrected chi connectivity index (χ1v) is 11.1. The van der Waals surface area contributed by atoms with Crippen LogP contribution in [-0.2, 0) is 16.6 Å². The fraction of sp³-hybridized carbons (Fsp3) is 0.520. The van der Waals surface area contributed by atoms with E-state index in [1.54, 1.807) is 0 Å². The van der Waals surface area contributed by atoms with Gasteiger partial charge < -0.3 is 4.74 Å². The number of Topliss-reactive ketones (excluding diaryl/α,β-unsaturated/α-hetero) is 1. The van der Waals surface area contributed by atoms with E-state index in [4.69, 9.17) is 4.74 Å². The smallest absolute Gasteiger partial charge is 0.249 e. The molecule has 1 aromatic carbocycles. The molecule has 162 valence electrons. The van der Waals surface area contributed by atoms with Gasteiger partial charge in [-0.1, -0.05) is 37.6 Å². The third-order valence-electron chi connectivity index (χ3n) is 7.63. The van der Waals surface area contributed by atoms with E-state index < -0.39 is 11.3 Å². The maximum atomic E-state index is 13.8. The average molecular weight is 424 g/mol. The van der Waals surface area contributed by atoms with E-state index in [1.807, 2.05) is 24.3 Å². The van der Waals surface area contributed by atoms with Gasteiger partial charge in [0, 0.05) is 54.0 Å². The molecule has 0 unspecified atom stereocenters. The van der Waals surface area contributed by atoms with Crippen LogP contribution in [0.2, 0.25) is 0 Å². The number of allylic oxidation sites excluding steroid dienone is 2. The summed E-state index contributed by atoms with van der Waals surface area (Å²) in [5, 5.41) is 7.79. The highest BCUT2D eigenvalue weighted by atomic mass is 19.3. The van der Waals surface area contributed by atoms with Gasteiger partial charge in [0.15, 0.2) is 5.78 Å². The molecule has 6 heteroatoms. The van der Waals surface area contributed by atoms with E-state index in [0.29, 0.717) is 25.9 Å². The second-order valence-corrected chi connectivity index (χ2v) is 10.5. The van der Waals surface area contributed by atoms with E-state index in [0.717, 1.165) is 40.3 Å². The van der Waals surface area contributed by atoms with Crippen molar-refractivity contribution in [1.29, 1.82) is 0 Å². The fourth-order valence-corrected chi connectivity index (χ4v) is 6.54. The van der Waals surface area contributed by atoms with Crippen molar-refractivity contribution >= 4 is 5.78 Å². The van der Waals surface area contributed by atoms with Crippen LogP contribution >= 0.6 is 0 Å².